The Hall–Kier alpha value is -2.74. The van der Waals surface area contributed by atoms with Crippen molar-refractivity contribution in [1.82, 2.24) is 24.1 Å². The molecule has 0 amide bonds. The molecule has 150 valence electrons. The van der Waals surface area contributed by atoms with Crippen molar-refractivity contribution in [2.24, 2.45) is 5.92 Å². The maximum absolute atomic E-state index is 5.60. The summed E-state index contributed by atoms with van der Waals surface area (Å²) in [6.45, 7) is 5.00. The molecule has 0 radical (unpaired) electrons. The molecule has 0 saturated carbocycles. The lowest BCUT2D eigenvalue weighted by Gasteiger charge is -2.31. The van der Waals surface area contributed by atoms with E-state index >= 15 is 0 Å². The van der Waals surface area contributed by atoms with E-state index in [2.05, 4.69) is 32.8 Å². The second-order valence-corrected chi connectivity index (χ2v) is 8.55. The summed E-state index contributed by atoms with van der Waals surface area (Å²) in [5.74, 6) is 3.36. The summed E-state index contributed by atoms with van der Waals surface area (Å²) in [5.41, 5.74) is 1.99. The maximum atomic E-state index is 5.60. The molecule has 0 atom stereocenters. The van der Waals surface area contributed by atoms with Crippen molar-refractivity contribution in [3.63, 3.8) is 0 Å². The average Bonchev–Trinajstić information content (AvgIpc) is 3.47. The third kappa shape index (κ3) is 3.89. The average molecular weight is 409 g/mol. The third-order valence-electron chi connectivity index (χ3n) is 5.42. The zero-order valence-corrected chi connectivity index (χ0v) is 17.3. The smallest absolute Gasteiger partial charge is 0.228 e. The Bertz CT molecular complexity index is 1040. The summed E-state index contributed by atoms with van der Waals surface area (Å²) in [4.78, 5) is 7.05. The summed E-state index contributed by atoms with van der Waals surface area (Å²) in [5, 5.41) is 9.96. The molecule has 1 fully saturated rings. The fourth-order valence-corrected chi connectivity index (χ4v) is 4.54. The third-order valence-corrected chi connectivity index (χ3v) is 6.42. The first kappa shape index (κ1) is 18.3. The summed E-state index contributed by atoms with van der Waals surface area (Å²) in [6.07, 6.45) is 8.19. The number of imidazole rings is 1. The van der Waals surface area contributed by atoms with E-state index in [0.29, 0.717) is 6.54 Å². The van der Waals surface area contributed by atoms with Crippen LogP contribution in [-0.2, 0) is 12.3 Å². The molecule has 4 aromatic heterocycles. The number of pyridine rings is 1. The zero-order chi connectivity index (χ0) is 19.6. The van der Waals surface area contributed by atoms with Gasteiger partial charge in [-0.2, -0.15) is 0 Å². The Labute approximate surface area is 173 Å². The largest absolute Gasteiger partial charge is 0.467 e. The van der Waals surface area contributed by atoms with Crippen LogP contribution in [0.1, 0.15) is 31.2 Å². The first-order chi connectivity index (χ1) is 14.3. The van der Waals surface area contributed by atoms with Crippen LogP contribution in [0.15, 0.2) is 58.6 Å². The fraction of sp³-hybridized carbons (Fsp3) is 0.381. The lowest BCUT2D eigenvalue weighted by Crippen LogP contribution is -2.35. The number of rotatable bonds is 6. The van der Waals surface area contributed by atoms with Crippen LogP contribution < -0.4 is 4.90 Å². The predicted molar refractivity (Wildman–Crippen MR) is 113 cm³/mol. The Kier molecular flexibility index (Phi) is 5.01. The number of hydrogen-bond acceptors (Lipinski definition) is 6. The molecule has 1 aliphatic rings. The van der Waals surface area contributed by atoms with Crippen molar-refractivity contribution < 1.29 is 4.42 Å². The molecule has 1 aliphatic heterocycles. The number of anilines is 1. The summed E-state index contributed by atoms with van der Waals surface area (Å²) in [6, 6.07) is 9.95. The van der Waals surface area contributed by atoms with Crippen molar-refractivity contribution in [2.45, 2.75) is 37.2 Å². The molecule has 1 saturated heterocycles. The van der Waals surface area contributed by atoms with Crippen LogP contribution in [-0.4, -0.2) is 37.2 Å². The molecule has 8 heteroatoms. The normalized spacial score (nSPS) is 15.4. The minimum absolute atomic E-state index is 0.634. The van der Waals surface area contributed by atoms with Gasteiger partial charge in [-0.15, -0.1) is 10.2 Å². The Morgan fingerprint density at radius 3 is 2.83 bits per heavy atom. The van der Waals surface area contributed by atoms with Gasteiger partial charge in [0.1, 0.15) is 11.4 Å². The number of nitrogens with zero attached hydrogens (tertiary/aromatic N) is 6. The van der Waals surface area contributed by atoms with E-state index in [1.165, 1.54) is 12.8 Å². The minimum atomic E-state index is 0.634. The molecule has 0 aliphatic carbocycles. The monoisotopic (exact) mass is 408 g/mol. The van der Waals surface area contributed by atoms with Crippen LogP contribution in [0.2, 0.25) is 0 Å². The van der Waals surface area contributed by atoms with Gasteiger partial charge >= 0.3 is 0 Å². The van der Waals surface area contributed by atoms with Crippen molar-refractivity contribution in [3.05, 3.63) is 60.4 Å². The number of hydrogen-bond donors (Lipinski definition) is 0. The van der Waals surface area contributed by atoms with E-state index in [4.69, 9.17) is 9.40 Å². The summed E-state index contributed by atoms with van der Waals surface area (Å²) >= 11 is 1.67. The predicted octanol–water partition coefficient (Wildman–Crippen LogP) is 4.10. The van der Waals surface area contributed by atoms with Crippen LogP contribution in [0.3, 0.4) is 0 Å². The highest BCUT2D eigenvalue weighted by atomic mass is 32.2. The Balaban J connectivity index is 1.39. The van der Waals surface area contributed by atoms with Crippen molar-refractivity contribution in [2.75, 3.05) is 18.0 Å². The molecule has 0 unspecified atom stereocenters. The van der Waals surface area contributed by atoms with E-state index in [-0.39, 0.29) is 0 Å². The van der Waals surface area contributed by atoms with Crippen LogP contribution in [0.5, 0.6) is 0 Å². The second-order valence-electron chi connectivity index (χ2n) is 7.60. The zero-order valence-electron chi connectivity index (χ0n) is 16.4. The van der Waals surface area contributed by atoms with E-state index in [0.717, 1.165) is 53.0 Å². The summed E-state index contributed by atoms with van der Waals surface area (Å²) < 4.78 is 9.83. The molecular formula is C21H24N6OS. The van der Waals surface area contributed by atoms with E-state index in [1.54, 1.807) is 18.0 Å². The molecule has 29 heavy (non-hydrogen) atoms. The molecular weight excluding hydrogens is 384 g/mol. The maximum Gasteiger partial charge on any atom is 0.228 e. The number of thioether (sulfide) groups is 1. The van der Waals surface area contributed by atoms with Gasteiger partial charge in [0.05, 0.1) is 18.5 Å². The molecule has 4 aromatic rings. The fourth-order valence-electron chi connectivity index (χ4n) is 3.72. The number of furan rings is 1. The highest BCUT2D eigenvalue weighted by molar-refractivity contribution is 7.98. The van der Waals surface area contributed by atoms with Crippen LogP contribution in [0, 0.1) is 5.92 Å². The Morgan fingerprint density at radius 1 is 1.14 bits per heavy atom. The SMILES string of the molecule is CC1CCN(c2nnc(SCc3cn4ccccc4n3)n2Cc2ccco2)CC1. The van der Waals surface area contributed by atoms with Crippen LogP contribution >= 0.6 is 11.8 Å². The van der Waals surface area contributed by atoms with E-state index in [1.807, 2.05) is 40.9 Å². The van der Waals surface area contributed by atoms with Crippen LogP contribution in [0.4, 0.5) is 5.95 Å². The van der Waals surface area contributed by atoms with Gasteiger partial charge in [-0.25, -0.2) is 4.98 Å². The lowest BCUT2D eigenvalue weighted by molar-refractivity contribution is 0.427. The standard InChI is InChI=1S/C21H24N6OS/c1-16-7-10-25(11-8-16)20-23-24-21(27(20)14-18-5-4-12-28-18)29-15-17-13-26-9-3-2-6-19(26)22-17/h2-6,9,12-13,16H,7-8,10-11,14-15H2,1H3. The molecule has 5 rings (SSSR count). The van der Waals surface area contributed by atoms with Crippen molar-refractivity contribution in [1.29, 1.82) is 0 Å². The van der Waals surface area contributed by atoms with Gasteiger partial charge in [0.15, 0.2) is 5.16 Å². The second kappa shape index (κ2) is 7.94. The Morgan fingerprint density at radius 2 is 2.03 bits per heavy atom. The van der Waals surface area contributed by atoms with Gasteiger partial charge < -0.3 is 13.7 Å². The topological polar surface area (TPSA) is 64.4 Å². The molecule has 0 spiro atoms. The van der Waals surface area contributed by atoms with Crippen LogP contribution in [0.25, 0.3) is 5.65 Å². The quantitative estimate of drug-likeness (QED) is 0.448. The van der Waals surface area contributed by atoms with Gasteiger partial charge in [0.25, 0.3) is 0 Å². The number of fused-ring (bicyclic) bond motifs is 1. The first-order valence-corrected chi connectivity index (χ1v) is 11.0. The van der Waals surface area contributed by atoms with Gasteiger partial charge in [0, 0.05) is 31.2 Å². The molecule has 0 N–H and O–H groups in total. The van der Waals surface area contributed by atoms with Gasteiger partial charge in [0.2, 0.25) is 5.95 Å². The number of piperidine rings is 1. The molecule has 5 heterocycles. The highest BCUT2D eigenvalue weighted by Crippen LogP contribution is 2.28. The van der Waals surface area contributed by atoms with Crippen molar-refractivity contribution >= 4 is 23.4 Å². The lowest BCUT2D eigenvalue weighted by atomic mass is 10.00. The number of aromatic nitrogens is 5. The minimum Gasteiger partial charge on any atom is -0.467 e. The van der Waals surface area contributed by atoms with Gasteiger partial charge in [-0.05, 0) is 43.0 Å². The first-order valence-electron chi connectivity index (χ1n) is 10.0. The summed E-state index contributed by atoms with van der Waals surface area (Å²) in [7, 11) is 0. The van der Waals surface area contributed by atoms with Gasteiger partial charge in [-0.3, -0.25) is 4.57 Å². The molecule has 0 bridgehead atoms. The van der Waals surface area contributed by atoms with Crippen molar-refractivity contribution in [3.8, 4) is 0 Å². The van der Waals surface area contributed by atoms with E-state index < -0.39 is 0 Å². The highest BCUT2D eigenvalue weighted by Gasteiger charge is 2.23. The van der Waals surface area contributed by atoms with Gasteiger partial charge in [-0.1, -0.05) is 24.8 Å². The molecule has 0 aromatic carbocycles. The van der Waals surface area contributed by atoms with E-state index in [9.17, 15) is 0 Å². The molecule has 7 nitrogen and oxygen atoms in total.